The summed E-state index contributed by atoms with van der Waals surface area (Å²) in [4.78, 5) is 4.25. The SMILES string of the molecule is CN=C(NCc1ccc(OC)cc1)NCC(C)(C)c1cccc(F)c1. The van der Waals surface area contributed by atoms with E-state index in [1.807, 2.05) is 30.3 Å². The molecule has 2 rings (SSSR count). The number of ether oxygens (including phenoxy) is 1. The van der Waals surface area contributed by atoms with Gasteiger partial charge in [0.2, 0.25) is 0 Å². The molecule has 4 nitrogen and oxygen atoms in total. The molecule has 0 fully saturated rings. The Morgan fingerprint density at radius 2 is 1.84 bits per heavy atom. The van der Waals surface area contributed by atoms with Crippen LogP contribution in [0, 0.1) is 5.82 Å². The number of nitrogens with zero attached hydrogens (tertiary/aromatic N) is 1. The van der Waals surface area contributed by atoms with Crippen molar-refractivity contribution in [1.29, 1.82) is 0 Å². The standard InChI is InChI=1S/C20H26FN3O/c1-20(2,16-6-5-7-17(21)12-16)14-24-19(22-3)23-13-15-8-10-18(25-4)11-9-15/h5-12H,13-14H2,1-4H3,(H2,22,23,24). The zero-order chi connectivity index (χ0) is 18.3. The molecule has 0 saturated carbocycles. The van der Waals surface area contributed by atoms with Crippen molar-refractivity contribution in [2.75, 3.05) is 20.7 Å². The highest BCUT2D eigenvalue weighted by atomic mass is 19.1. The van der Waals surface area contributed by atoms with Gasteiger partial charge < -0.3 is 15.4 Å². The van der Waals surface area contributed by atoms with Gasteiger partial charge in [0.15, 0.2) is 5.96 Å². The van der Waals surface area contributed by atoms with E-state index in [2.05, 4.69) is 29.5 Å². The summed E-state index contributed by atoms with van der Waals surface area (Å²) in [6.45, 7) is 5.44. The fourth-order valence-electron chi connectivity index (χ4n) is 2.47. The summed E-state index contributed by atoms with van der Waals surface area (Å²) in [5.41, 5.74) is 1.86. The van der Waals surface area contributed by atoms with Crippen molar-refractivity contribution in [3.05, 3.63) is 65.5 Å². The molecule has 0 unspecified atom stereocenters. The Bertz CT molecular complexity index is 711. The van der Waals surface area contributed by atoms with Crippen LogP contribution in [0.1, 0.15) is 25.0 Å². The number of hydrogen-bond acceptors (Lipinski definition) is 2. The molecule has 0 bridgehead atoms. The number of rotatable bonds is 6. The first-order valence-electron chi connectivity index (χ1n) is 8.28. The Balaban J connectivity index is 1.91. The van der Waals surface area contributed by atoms with Crippen molar-refractivity contribution in [1.82, 2.24) is 10.6 Å². The lowest BCUT2D eigenvalue weighted by molar-refractivity contribution is 0.414. The monoisotopic (exact) mass is 343 g/mol. The van der Waals surface area contributed by atoms with Crippen molar-refractivity contribution >= 4 is 5.96 Å². The van der Waals surface area contributed by atoms with E-state index in [0.29, 0.717) is 19.0 Å². The number of halogens is 1. The summed E-state index contributed by atoms with van der Waals surface area (Å²) in [6, 6.07) is 14.6. The van der Waals surface area contributed by atoms with Crippen LogP contribution in [-0.4, -0.2) is 26.7 Å². The third-order valence-corrected chi connectivity index (χ3v) is 4.15. The van der Waals surface area contributed by atoms with Crippen LogP contribution < -0.4 is 15.4 Å². The normalized spacial score (nSPS) is 12.0. The summed E-state index contributed by atoms with van der Waals surface area (Å²) in [7, 11) is 3.39. The van der Waals surface area contributed by atoms with Gasteiger partial charge in [-0.3, -0.25) is 4.99 Å². The quantitative estimate of drug-likeness (QED) is 0.623. The molecule has 0 aliphatic heterocycles. The van der Waals surface area contributed by atoms with E-state index in [-0.39, 0.29) is 11.2 Å². The van der Waals surface area contributed by atoms with E-state index in [4.69, 9.17) is 4.74 Å². The van der Waals surface area contributed by atoms with Crippen molar-refractivity contribution in [2.45, 2.75) is 25.8 Å². The fourth-order valence-corrected chi connectivity index (χ4v) is 2.47. The van der Waals surface area contributed by atoms with Crippen LogP contribution in [0.5, 0.6) is 5.75 Å². The number of methoxy groups -OCH3 is 1. The number of aliphatic imine (C=N–C) groups is 1. The Morgan fingerprint density at radius 1 is 1.12 bits per heavy atom. The number of guanidine groups is 1. The predicted molar refractivity (Wildman–Crippen MR) is 101 cm³/mol. The summed E-state index contributed by atoms with van der Waals surface area (Å²) < 4.78 is 18.6. The topological polar surface area (TPSA) is 45.7 Å². The van der Waals surface area contributed by atoms with Crippen LogP contribution in [0.3, 0.4) is 0 Å². The van der Waals surface area contributed by atoms with Crippen molar-refractivity contribution in [2.24, 2.45) is 4.99 Å². The van der Waals surface area contributed by atoms with Crippen LogP contribution in [0.25, 0.3) is 0 Å². The molecule has 2 aromatic carbocycles. The van der Waals surface area contributed by atoms with Gasteiger partial charge in [0, 0.05) is 25.6 Å². The van der Waals surface area contributed by atoms with Crippen molar-refractivity contribution < 1.29 is 9.13 Å². The molecule has 0 saturated heterocycles. The molecule has 5 heteroatoms. The molecule has 2 aromatic rings. The molecule has 134 valence electrons. The van der Waals surface area contributed by atoms with Gasteiger partial charge in [0.05, 0.1) is 7.11 Å². The minimum Gasteiger partial charge on any atom is -0.497 e. The van der Waals surface area contributed by atoms with Gasteiger partial charge in [-0.2, -0.15) is 0 Å². The predicted octanol–water partition coefficient (Wildman–Crippen LogP) is 3.48. The molecule has 0 aromatic heterocycles. The first kappa shape index (κ1) is 18.8. The fraction of sp³-hybridized carbons (Fsp3) is 0.350. The lowest BCUT2D eigenvalue weighted by Crippen LogP contribution is -2.43. The molecular weight excluding hydrogens is 317 g/mol. The summed E-state index contributed by atoms with van der Waals surface area (Å²) in [6.07, 6.45) is 0. The Labute approximate surface area is 149 Å². The molecule has 25 heavy (non-hydrogen) atoms. The second-order valence-electron chi connectivity index (χ2n) is 6.52. The van der Waals surface area contributed by atoms with Gasteiger partial charge in [-0.05, 0) is 35.4 Å². The molecule has 0 atom stereocenters. The molecule has 0 aliphatic rings. The Hall–Kier alpha value is -2.56. The van der Waals surface area contributed by atoms with Gasteiger partial charge in [-0.15, -0.1) is 0 Å². The van der Waals surface area contributed by atoms with Crippen LogP contribution in [0.2, 0.25) is 0 Å². The third-order valence-electron chi connectivity index (χ3n) is 4.15. The average molecular weight is 343 g/mol. The number of benzene rings is 2. The molecule has 0 heterocycles. The Kier molecular flexibility index (Phi) is 6.39. The first-order chi connectivity index (χ1) is 11.9. The highest BCUT2D eigenvalue weighted by Crippen LogP contribution is 2.22. The zero-order valence-electron chi connectivity index (χ0n) is 15.3. The third kappa shape index (κ3) is 5.48. The molecular formula is C20H26FN3O. The van der Waals surface area contributed by atoms with E-state index in [9.17, 15) is 4.39 Å². The maximum Gasteiger partial charge on any atom is 0.191 e. The minimum atomic E-state index is -0.222. The largest absolute Gasteiger partial charge is 0.497 e. The van der Waals surface area contributed by atoms with Gasteiger partial charge in [-0.25, -0.2) is 4.39 Å². The van der Waals surface area contributed by atoms with Gasteiger partial charge in [0.25, 0.3) is 0 Å². The molecule has 0 amide bonds. The second kappa shape index (κ2) is 8.51. The average Bonchev–Trinajstić information content (AvgIpc) is 2.62. The van der Waals surface area contributed by atoms with Gasteiger partial charge in [0.1, 0.15) is 11.6 Å². The maximum atomic E-state index is 13.5. The Morgan fingerprint density at radius 3 is 2.44 bits per heavy atom. The smallest absolute Gasteiger partial charge is 0.191 e. The highest BCUT2D eigenvalue weighted by Gasteiger charge is 2.21. The van der Waals surface area contributed by atoms with Crippen LogP contribution in [-0.2, 0) is 12.0 Å². The lowest BCUT2D eigenvalue weighted by Gasteiger charge is -2.27. The number of nitrogens with one attached hydrogen (secondary N) is 2. The number of hydrogen-bond donors (Lipinski definition) is 2. The molecule has 0 spiro atoms. The van der Waals surface area contributed by atoms with Crippen molar-refractivity contribution in [3.63, 3.8) is 0 Å². The van der Waals surface area contributed by atoms with E-state index in [0.717, 1.165) is 16.9 Å². The van der Waals surface area contributed by atoms with Gasteiger partial charge in [-0.1, -0.05) is 38.1 Å². The summed E-state index contributed by atoms with van der Waals surface area (Å²) >= 11 is 0. The maximum absolute atomic E-state index is 13.5. The first-order valence-corrected chi connectivity index (χ1v) is 8.28. The van der Waals surface area contributed by atoms with Gasteiger partial charge >= 0.3 is 0 Å². The van der Waals surface area contributed by atoms with E-state index < -0.39 is 0 Å². The summed E-state index contributed by atoms with van der Waals surface area (Å²) in [5, 5.41) is 6.59. The summed E-state index contributed by atoms with van der Waals surface area (Å²) in [5.74, 6) is 1.33. The zero-order valence-corrected chi connectivity index (χ0v) is 15.3. The molecule has 0 aliphatic carbocycles. The van der Waals surface area contributed by atoms with Crippen molar-refractivity contribution in [3.8, 4) is 5.75 Å². The molecule has 0 radical (unpaired) electrons. The second-order valence-corrected chi connectivity index (χ2v) is 6.52. The van der Waals surface area contributed by atoms with E-state index in [1.54, 1.807) is 26.3 Å². The van der Waals surface area contributed by atoms with E-state index >= 15 is 0 Å². The highest BCUT2D eigenvalue weighted by molar-refractivity contribution is 5.79. The molecule has 2 N–H and O–H groups in total. The lowest BCUT2D eigenvalue weighted by atomic mass is 9.84. The van der Waals surface area contributed by atoms with Crippen LogP contribution in [0.4, 0.5) is 4.39 Å². The minimum absolute atomic E-state index is 0.215. The van der Waals surface area contributed by atoms with E-state index in [1.165, 1.54) is 6.07 Å². The van der Waals surface area contributed by atoms with Crippen LogP contribution >= 0.6 is 0 Å². The van der Waals surface area contributed by atoms with Crippen LogP contribution in [0.15, 0.2) is 53.5 Å².